The number of nitrogens with one attached hydrogen (secondary N) is 1. The lowest BCUT2D eigenvalue weighted by Crippen LogP contribution is -2.57. The van der Waals surface area contributed by atoms with Gasteiger partial charge in [-0.15, -0.1) is 0 Å². The predicted molar refractivity (Wildman–Crippen MR) is 73.6 cm³/mol. The number of aromatic hydroxyl groups is 1. The van der Waals surface area contributed by atoms with E-state index < -0.39 is 10.0 Å². The lowest BCUT2D eigenvalue weighted by atomic mass is 9.76. The SMILES string of the molecule is CN(C)C1(CNS(=O)(=O)c2ccc(O)cc2)CCC1. The third-order valence-electron chi connectivity index (χ3n) is 3.97. The summed E-state index contributed by atoms with van der Waals surface area (Å²) in [6.45, 7) is 0.420. The van der Waals surface area contributed by atoms with Gasteiger partial charge in [0.1, 0.15) is 5.75 Å². The topological polar surface area (TPSA) is 69.6 Å². The van der Waals surface area contributed by atoms with Crippen molar-refractivity contribution in [3.8, 4) is 5.75 Å². The Morgan fingerprint density at radius 2 is 1.84 bits per heavy atom. The highest BCUT2D eigenvalue weighted by Gasteiger charge is 2.39. The molecule has 1 saturated carbocycles. The standard InChI is InChI=1S/C13H20N2O3S/c1-15(2)13(8-3-9-13)10-14-19(17,18)12-6-4-11(16)5-7-12/h4-7,14,16H,3,8-10H2,1-2H3. The fourth-order valence-electron chi connectivity index (χ4n) is 2.30. The molecule has 106 valence electrons. The Morgan fingerprint density at radius 3 is 2.26 bits per heavy atom. The Balaban J connectivity index is 2.08. The number of likely N-dealkylation sites (N-methyl/N-ethyl adjacent to an activating group) is 1. The third-order valence-corrected chi connectivity index (χ3v) is 5.39. The molecule has 1 aliphatic carbocycles. The van der Waals surface area contributed by atoms with Gasteiger partial charge < -0.3 is 10.0 Å². The molecule has 19 heavy (non-hydrogen) atoms. The maximum absolute atomic E-state index is 12.1. The van der Waals surface area contributed by atoms with Crippen LogP contribution in [-0.4, -0.2) is 44.6 Å². The van der Waals surface area contributed by atoms with Crippen molar-refractivity contribution < 1.29 is 13.5 Å². The van der Waals surface area contributed by atoms with Crippen LogP contribution in [0.5, 0.6) is 5.75 Å². The minimum atomic E-state index is -3.51. The van der Waals surface area contributed by atoms with E-state index in [1.807, 2.05) is 14.1 Å². The van der Waals surface area contributed by atoms with E-state index in [9.17, 15) is 13.5 Å². The van der Waals surface area contributed by atoms with Crippen LogP contribution in [0, 0.1) is 0 Å². The minimum absolute atomic E-state index is 0.0516. The minimum Gasteiger partial charge on any atom is -0.508 e. The number of sulfonamides is 1. The summed E-state index contributed by atoms with van der Waals surface area (Å²) in [6.07, 6.45) is 3.16. The Morgan fingerprint density at radius 1 is 1.26 bits per heavy atom. The molecule has 2 rings (SSSR count). The average Bonchev–Trinajstić information content (AvgIpc) is 2.27. The molecule has 0 aromatic heterocycles. The average molecular weight is 284 g/mol. The molecule has 0 spiro atoms. The first-order chi connectivity index (χ1) is 8.86. The molecular weight excluding hydrogens is 264 g/mol. The van der Waals surface area contributed by atoms with E-state index in [-0.39, 0.29) is 16.2 Å². The molecule has 0 atom stereocenters. The fourth-order valence-corrected chi connectivity index (χ4v) is 3.42. The number of phenolic OH excluding ortho intramolecular Hbond substituents is 1. The molecule has 0 aliphatic heterocycles. The van der Waals surface area contributed by atoms with Gasteiger partial charge in [-0.2, -0.15) is 0 Å². The third kappa shape index (κ3) is 2.91. The lowest BCUT2D eigenvalue weighted by Gasteiger charge is -2.47. The van der Waals surface area contributed by atoms with Crippen LogP contribution in [-0.2, 0) is 10.0 Å². The second kappa shape index (κ2) is 5.11. The summed E-state index contributed by atoms with van der Waals surface area (Å²) in [4.78, 5) is 2.27. The molecule has 6 heteroatoms. The van der Waals surface area contributed by atoms with Crippen molar-refractivity contribution in [2.75, 3.05) is 20.6 Å². The van der Waals surface area contributed by atoms with Crippen LogP contribution in [0.3, 0.4) is 0 Å². The Kier molecular flexibility index (Phi) is 3.85. The molecule has 0 amide bonds. The zero-order chi connectivity index (χ0) is 14.1. The number of hydrogen-bond donors (Lipinski definition) is 2. The highest BCUT2D eigenvalue weighted by molar-refractivity contribution is 7.89. The van der Waals surface area contributed by atoms with Crippen LogP contribution in [0.25, 0.3) is 0 Å². The van der Waals surface area contributed by atoms with E-state index in [0.29, 0.717) is 6.54 Å². The monoisotopic (exact) mass is 284 g/mol. The van der Waals surface area contributed by atoms with Gasteiger partial charge in [0.25, 0.3) is 0 Å². The van der Waals surface area contributed by atoms with E-state index in [1.54, 1.807) is 0 Å². The summed E-state index contributed by atoms with van der Waals surface area (Å²) < 4.78 is 27.0. The molecule has 1 aliphatic rings. The molecule has 1 aromatic carbocycles. The fraction of sp³-hybridized carbons (Fsp3) is 0.538. The van der Waals surface area contributed by atoms with Crippen molar-refractivity contribution in [3.05, 3.63) is 24.3 Å². The predicted octanol–water partition coefficient (Wildman–Crippen LogP) is 1.15. The quantitative estimate of drug-likeness (QED) is 0.851. The molecular formula is C13H20N2O3S. The van der Waals surface area contributed by atoms with Crippen molar-refractivity contribution in [2.45, 2.75) is 29.7 Å². The summed E-state index contributed by atoms with van der Waals surface area (Å²) in [5.74, 6) is 0.0581. The summed E-state index contributed by atoms with van der Waals surface area (Å²) >= 11 is 0. The van der Waals surface area contributed by atoms with Gasteiger partial charge in [-0.25, -0.2) is 13.1 Å². The van der Waals surface area contributed by atoms with Gasteiger partial charge in [-0.05, 0) is 57.6 Å². The Hall–Kier alpha value is -1.11. The summed E-state index contributed by atoms with van der Waals surface area (Å²) in [7, 11) is 0.453. The molecule has 1 fully saturated rings. The number of nitrogens with zero attached hydrogens (tertiary/aromatic N) is 1. The van der Waals surface area contributed by atoms with Crippen molar-refractivity contribution in [1.82, 2.24) is 9.62 Å². The van der Waals surface area contributed by atoms with Crippen LogP contribution in [0.4, 0.5) is 0 Å². The normalized spacial score (nSPS) is 18.3. The lowest BCUT2D eigenvalue weighted by molar-refractivity contribution is 0.0657. The van der Waals surface area contributed by atoms with Crippen LogP contribution in [0.15, 0.2) is 29.2 Å². The zero-order valence-electron chi connectivity index (χ0n) is 11.3. The van der Waals surface area contributed by atoms with Gasteiger partial charge in [0, 0.05) is 12.1 Å². The van der Waals surface area contributed by atoms with Crippen LogP contribution >= 0.6 is 0 Å². The highest BCUT2D eigenvalue weighted by Crippen LogP contribution is 2.35. The first-order valence-electron chi connectivity index (χ1n) is 6.32. The zero-order valence-corrected chi connectivity index (χ0v) is 12.1. The molecule has 0 bridgehead atoms. The molecule has 0 saturated heterocycles. The summed E-state index contributed by atoms with van der Waals surface area (Å²) in [5.41, 5.74) is -0.0516. The van der Waals surface area contributed by atoms with Gasteiger partial charge >= 0.3 is 0 Å². The first-order valence-corrected chi connectivity index (χ1v) is 7.80. The van der Waals surface area contributed by atoms with E-state index >= 15 is 0 Å². The molecule has 0 radical (unpaired) electrons. The molecule has 1 aromatic rings. The second-order valence-corrected chi connectivity index (χ2v) is 7.06. The van der Waals surface area contributed by atoms with Crippen molar-refractivity contribution in [1.29, 1.82) is 0 Å². The van der Waals surface area contributed by atoms with Crippen molar-refractivity contribution in [3.63, 3.8) is 0 Å². The summed E-state index contributed by atoms with van der Waals surface area (Å²) in [5, 5.41) is 9.18. The van der Waals surface area contributed by atoms with Gasteiger partial charge in [-0.3, -0.25) is 0 Å². The molecule has 0 unspecified atom stereocenters. The van der Waals surface area contributed by atoms with E-state index in [2.05, 4.69) is 9.62 Å². The van der Waals surface area contributed by atoms with Crippen molar-refractivity contribution in [2.24, 2.45) is 0 Å². The van der Waals surface area contributed by atoms with Crippen molar-refractivity contribution >= 4 is 10.0 Å². The maximum atomic E-state index is 12.1. The Bertz CT molecular complexity index is 534. The van der Waals surface area contributed by atoms with Crippen LogP contribution in [0.2, 0.25) is 0 Å². The van der Waals surface area contributed by atoms with E-state index in [4.69, 9.17) is 0 Å². The number of hydrogen-bond acceptors (Lipinski definition) is 4. The smallest absolute Gasteiger partial charge is 0.240 e. The number of benzene rings is 1. The summed E-state index contributed by atoms with van der Waals surface area (Å²) in [6, 6.07) is 5.56. The number of phenols is 1. The second-order valence-electron chi connectivity index (χ2n) is 5.29. The van der Waals surface area contributed by atoms with Gasteiger partial charge in [0.05, 0.1) is 4.90 Å². The highest BCUT2D eigenvalue weighted by atomic mass is 32.2. The first kappa shape index (κ1) is 14.3. The van der Waals surface area contributed by atoms with Gasteiger partial charge in [0.2, 0.25) is 10.0 Å². The van der Waals surface area contributed by atoms with E-state index in [1.165, 1.54) is 24.3 Å². The van der Waals surface area contributed by atoms with Crippen LogP contribution < -0.4 is 4.72 Å². The Labute approximate surface area is 114 Å². The molecule has 0 heterocycles. The largest absolute Gasteiger partial charge is 0.508 e. The molecule has 5 nitrogen and oxygen atoms in total. The molecule has 2 N–H and O–H groups in total. The van der Waals surface area contributed by atoms with Gasteiger partial charge in [0.15, 0.2) is 0 Å². The van der Waals surface area contributed by atoms with Crippen LogP contribution in [0.1, 0.15) is 19.3 Å². The van der Waals surface area contributed by atoms with E-state index in [0.717, 1.165) is 19.3 Å². The maximum Gasteiger partial charge on any atom is 0.240 e. The van der Waals surface area contributed by atoms with Gasteiger partial charge in [-0.1, -0.05) is 0 Å². The number of rotatable bonds is 5.